The van der Waals surface area contributed by atoms with Gasteiger partial charge in [-0.15, -0.1) is 5.10 Å². The smallest absolute Gasteiger partial charge is 0.288 e. The van der Waals surface area contributed by atoms with Crippen LogP contribution in [0.5, 0.6) is 0 Å². The molecule has 2 heterocycles. The number of hydrogen-bond acceptors (Lipinski definition) is 6. The Morgan fingerprint density at radius 1 is 1.60 bits per heavy atom. The molecule has 78 valence electrons. The van der Waals surface area contributed by atoms with Gasteiger partial charge in [0.15, 0.2) is 11.3 Å². The maximum Gasteiger partial charge on any atom is 0.352 e. The average molecular weight is 210 g/mol. The fourth-order valence-electron chi connectivity index (χ4n) is 1.09. The molecule has 0 bridgehead atoms. The van der Waals surface area contributed by atoms with Crippen LogP contribution >= 0.6 is 0 Å². The number of aromatic nitrogens is 5. The zero-order chi connectivity index (χ0) is 11.0. The number of nitrogens with one attached hydrogen (secondary N) is 1. The monoisotopic (exact) mass is 210 g/mol. The van der Waals surface area contributed by atoms with Crippen LogP contribution in [0.3, 0.4) is 0 Å². The third-order valence-corrected chi connectivity index (χ3v) is 1.82. The summed E-state index contributed by atoms with van der Waals surface area (Å²) in [5, 5.41) is 15.5. The number of aryl methyl sites for hydroxylation is 1. The number of amides is 1. The van der Waals surface area contributed by atoms with Gasteiger partial charge in [-0.05, 0) is 0 Å². The Kier molecular flexibility index (Phi) is 1.94. The van der Waals surface area contributed by atoms with Crippen molar-refractivity contribution in [1.29, 1.82) is 0 Å². The van der Waals surface area contributed by atoms with Crippen LogP contribution in [0.1, 0.15) is 10.5 Å². The fourth-order valence-corrected chi connectivity index (χ4v) is 1.09. The second kappa shape index (κ2) is 3.13. The number of carbonyl (C=O) groups is 1. The van der Waals surface area contributed by atoms with E-state index in [-0.39, 0.29) is 11.3 Å². The number of imidazole rings is 1. The first-order valence-corrected chi connectivity index (χ1v) is 3.86. The van der Waals surface area contributed by atoms with Gasteiger partial charge in [-0.3, -0.25) is 10.0 Å². The van der Waals surface area contributed by atoms with Gasteiger partial charge in [-0.25, -0.2) is 19.7 Å². The van der Waals surface area contributed by atoms with Crippen molar-refractivity contribution < 1.29 is 10.0 Å². The molecule has 0 spiro atoms. The molecule has 2 aromatic rings. The highest BCUT2D eigenvalue weighted by Crippen LogP contribution is 2.01. The minimum atomic E-state index is -0.847. The van der Waals surface area contributed by atoms with E-state index in [0.29, 0.717) is 0 Å². The average Bonchev–Trinajstić information content (AvgIpc) is 2.66. The van der Waals surface area contributed by atoms with Crippen LogP contribution in [0.4, 0.5) is 0 Å². The van der Waals surface area contributed by atoms with Gasteiger partial charge in [0.05, 0.1) is 0 Å². The summed E-state index contributed by atoms with van der Waals surface area (Å²) < 4.78 is 2.05. The van der Waals surface area contributed by atoms with E-state index < -0.39 is 11.6 Å². The molecule has 2 rings (SSSR count). The second-order valence-electron chi connectivity index (χ2n) is 2.72. The van der Waals surface area contributed by atoms with Crippen molar-refractivity contribution in [1.82, 2.24) is 29.9 Å². The summed E-state index contributed by atoms with van der Waals surface area (Å²) in [7, 11) is 1.42. The fraction of sp³-hybridized carbons (Fsp3) is 0.167. The molecule has 0 aliphatic rings. The third kappa shape index (κ3) is 1.25. The van der Waals surface area contributed by atoms with Crippen molar-refractivity contribution in [2.75, 3.05) is 0 Å². The van der Waals surface area contributed by atoms with Gasteiger partial charge in [-0.1, -0.05) is 5.21 Å². The van der Waals surface area contributed by atoms with Crippen LogP contribution in [0, 0.1) is 0 Å². The van der Waals surface area contributed by atoms with Gasteiger partial charge in [-0.2, -0.15) is 4.68 Å². The van der Waals surface area contributed by atoms with E-state index in [4.69, 9.17) is 5.21 Å². The van der Waals surface area contributed by atoms with Crippen molar-refractivity contribution >= 4 is 11.6 Å². The first-order chi connectivity index (χ1) is 7.15. The Morgan fingerprint density at radius 3 is 3.00 bits per heavy atom. The van der Waals surface area contributed by atoms with E-state index in [0.717, 1.165) is 15.4 Å². The largest absolute Gasteiger partial charge is 0.352 e. The molecule has 0 radical (unpaired) electrons. The molecule has 9 nitrogen and oxygen atoms in total. The normalized spacial score (nSPS) is 10.5. The van der Waals surface area contributed by atoms with Crippen molar-refractivity contribution in [2.24, 2.45) is 7.05 Å². The number of hydroxylamine groups is 1. The highest BCUT2D eigenvalue weighted by Gasteiger charge is 2.16. The topological polar surface area (TPSA) is 114 Å². The molecule has 15 heavy (non-hydrogen) atoms. The zero-order valence-electron chi connectivity index (χ0n) is 7.58. The maximum atomic E-state index is 11.4. The van der Waals surface area contributed by atoms with E-state index in [1.165, 1.54) is 12.5 Å². The van der Waals surface area contributed by atoms with Crippen LogP contribution in [-0.4, -0.2) is 35.5 Å². The van der Waals surface area contributed by atoms with Crippen LogP contribution in [0.15, 0.2) is 11.1 Å². The van der Waals surface area contributed by atoms with Crippen LogP contribution in [0.25, 0.3) is 5.65 Å². The number of nitrogens with zero attached hydrogens (tertiary/aromatic N) is 5. The van der Waals surface area contributed by atoms with Crippen molar-refractivity contribution in [2.45, 2.75) is 0 Å². The van der Waals surface area contributed by atoms with E-state index in [9.17, 15) is 9.59 Å². The lowest BCUT2D eigenvalue weighted by Crippen LogP contribution is -2.28. The van der Waals surface area contributed by atoms with Gasteiger partial charge >= 0.3 is 5.69 Å². The van der Waals surface area contributed by atoms with Gasteiger partial charge in [0.25, 0.3) is 5.91 Å². The lowest BCUT2D eigenvalue weighted by Gasteiger charge is -1.96. The molecule has 9 heteroatoms. The van der Waals surface area contributed by atoms with Gasteiger partial charge < -0.3 is 0 Å². The van der Waals surface area contributed by atoms with E-state index >= 15 is 0 Å². The molecule has 2 aromatic heterocycles. The predicted molar refractivity (Wildman–Crippen MR) is 45.3 cm³/mol. The molecule has 0 aliphatic carbocycles. The summed E-state index contributed by atoms with van der Waals surface area (Å²) >= 11 is 0. The Balaban J connectivity index is 2.78. The van der Waals surface area contributed by atoms with Gasteiger partial charge in [0.2, 0.25) is 0 Å². The summed E-state index contributed by atoms with van der Waals surface area (Å²) in [6.45, 7) is 0. The van der Waals surface area contributed by atoms with Crippen molar-refractivity contribution in [3.05, 3.63) is 22.5 Å². The van der Waals surface area contributed by atoms with Crippen molar-refractivity contribution in [3.63, 3.8) is 0 Å². The quantitative estimate of drug-likeness (QED) is 0.413. The molecule has 2 N–H and O–H groups in total. The first kappa shape index (κ1) is 9.27. The second-order valence-corrected chi connectivity index (χ2v) is 2.72. The summed E-state index contributed by atoms with van der Waals surface area (Å²) in [4.78, 5) is 26.2. The maximum absolute atomic E-state index is 11.4. The lowest BCUT2D eigenvalue weighted by atomic mass is 10.4. The summed E-state index contributed by atoms with van der Waals surface area (Å²) in [5.41, 5.74) is 0.746. The molecule has 0 unspecified atom stereocenters. The SMILES string of the molecule is Cn1nnc2c(C(=O)NO)ncn2c1=O. The Labute approximate surface area is 81.9 Å². The van der Waals surface area contributed by atoms with E-state index in [2.05, 4.69) is 15.3 Å². The number of carbonyl (C=O) groups excluding carboxylic acids is 1. The standard InChI is InChI=1S/C6H6N6O3/c1-11-6(14)12-2-7-3(5(13)9-15)4(12)8-10-11/h2,15H,1H3,(H,9,13). The Morgan fingerprint density at radius 2 is 2.33 bits per heavy atom. The van der Waals surface area contributed by atoms with Crippen LogP contribution in [-0.2, 0) is 7.05 Å². The zero-order valence-corrected chi connectivity index (χ0v) is 7.58. The number of fused-ring (bicyclic) bond motifs is 1. The van der Waals surface area contributed by atoms with Crippen LogP contribution < -0.4 is 11.2 Å². The van der Waals surface area contributed by atoms with Crippen molar-refractivity contribution in [3.8, 4) is 0 Å². The summed E-state index contributed by atoms with van der Waals surface area (Å²) in [5.74, 6) is -0.847. The molecule has 0 fully saturated rings. The summed E-state index contributed by atoms with van der Waals surface area (Å²) in [6.07, 6.45) is 1.14. The minimum Gasteiger partial charge on any atom is -0.288 e. The molecule has 0 saturated carbocycles. The van der Waals surface area contributed by atoms with Gasteiger partial charge in [0.1, 0.15) is 6.33 Å². The summed E-state index contributed by atoms with van der Waals surface area (Å²) in [6, 6.07) is 0. The molecule has 0 atom stereocenters. The lowest BCUT2D eigenvalue weighted by molar-refractivity contribution is 0.0703. The predicted octanol–water partition coefficient (Wildman–Crippen LogP) is -2.06. The molecule has 0 saturated heterocycles. The molecule has 0 aliphatic heterocycles. The Bertz CT molecular complexity index is 584. The highest BCUT2D eigenvalue weighted by molar-refractivity contribution is 5.96. The molecular weight excluding hydrogens is 204 g/mol. The highest BCUT2D eigenvalue weighted by atomic mass is 16.5. The number of rotatable bonds is 1. The van der Waals surface area contributed by atoms with Gasteiger partial charge in [0, 0.05) is 7.05 Å². The van der Waals surface area contributed by atoms with E-state index in [1.807, 2.05) is 0 Å². The Hall–Kier alpha value is -2.29. The molecule has 1 amide bonds. The third-order valence-electron chi connectivity index (χ3n) is 1.82. The minimum absolute atomic E-state index is 0.00958. The molecule has 0 aromatic carbocycles. The first-order valence-electron chi connectivity index (χ1n) is 3.86. The number of hydrogen-bond donors (Lipinski definition) is 2. The van der Waals surface area contributed by atoms with E-state index in [1.54, 1.807) is 0 Å². The van der Waals surface area contributed by atoms with Crippen LogP contribution in [0.2, 0.25) is 0 Å². The molecular formula is C6H6N6O3.